The van der Waals surface area contributed by atoms with Gasteiger partial charge in [0.1, 0.15) is 5.76 Å². The van der Waals surface area contributed by atoms with E-state index in [0.29, 0.717) is 22.0 Å². The maximum Gasteiger partial charge on any atom is 0.419 e. The summed E-state index contributed by atoms with van der Waals surface area (Å²) in [4.78, 5) is 24.5. The van der Waals surface area contributed by atoms with Crippen molar-refractivity contribution in [2.45, 2.75) is 0 Å². The molecule has 0 saturated heterocycles. The van der Waals surface area contributed by atoms with Crippen LogP contribution in [0.4, 0.5) is 10.5 Å². The van der Waals surface area contributed by atoms with Crippen LogP contribution in [0.2, 0.25) is 5.02 Å². The summed E-state index contributed by atoms with van der Waals surface area (Å²) in [5.41, 5.74) is 2.04. The number of anilines is 1. The fraction of sp³-hybridized carbons (Fsp3) is 0.0588. The summed E-state index contributed by atoms with van der Waals surface area (Å²) in [5.74, 6) is -0.744. The van der Waals surface area contributed by atoms with Crippen molar-refractivity contribution in [3.8, 4) is 0 Å². The molecule has 0 fully saturated rings. The molecule has 3 rings (SSSR count). The van der Waals surface area contributed by atoms with E-state index in [-0.39, 0.29) is 5.56 Å². The molecule has 5 nitrogen and oxygen atoms in total. The quantitative estimate of drug-likeness (QED) is 0.899. The molecule has 1 N–H and O–H groups in total. The Hall–Kier alpha value is -2.79. The van der Waals surface area contributed by atoms with Gasteiger partial charge in [-0.3, -0.25) is 4.90 Å². The molecular weight excluding hydrogens is 318 g/mol. The van der Waals surface area contributed by atoms with Crippen molar-refractivity contribution in [3.05, 3.63) is 64.2 Å². The number of halogens is 1. The normalized spacial score (nSPS) is 15.3. The molecule has 1 aliphatic heterocycles. The number of amides is 1. The minimum absolute atomic E-state index is 0.122. The van der Waals surface area contributed by atoms with Crippen LogP contribution in [-0.4, -0.2) is 24.2 Å². The van der Waals surface area contributed by atoms with E-state index in [2.05, 4.69) is 0 Å². The van der Waals surface area contributed by atoms with Gasteiger partial charge in [0.15, 0.2) is 0 Å². The van der Waals surface area contributed by atoms with Gasteiger partial charge < -0.3 is 9.84 Å². The van der Waals surface area contributed by atoms with Crippen molar-refractivity contribution in [2.24, 2.45) is 0 Å². The molecule has 0 atom stereocenters. The number of nitrogens with zero attached hydrogens (tertiary/aromatic N) is 1. The van der Waals surface area contributed by atoms with E-state index in [0.717, 1.165) is 5.56 Å². The van der Waals surface area contributed by atoms with Gasteiger partial charge in [-0.1, -0.05) is 23.7 Å². The van der Waals surface area contributed by atoms with E-state index in [1.54, 1.807) is 43.5 Å². The summed E-state index contributed by atoms with van der Waals surface area (Å²) in [5, 5.41) is 9.75. The number of carboxylic acid groups (broad SMARTS) is 1. The Kier molecular flexibility index (Phi) is 3.80. The fourth-order valence-electron chi connectivity index (χ4n) is 2.29. The SMILES string of the molecule is CN1C(=O)O/C(=C\c2ccc(Cl)cc2)c2cc(C(=O)O)ccc21. The predicted molar refractivity (Wildman–Crippen MR) is 87.6 cm³/mol. The van der Waals surface area contributed by atoms with E-state index < -0.39 is 12.1 Å². The van der Waals surface area contributed by atoms with Gasteiger partial charge in [0.25, 0.3) is 0 Å². The minimum Gasteiger partial charge on any atom is -0.478 e. The number of benzene rings is 2. The van der Waals surface area contributed by atoms with Crippen LogP contribution in [0.1, 0.15) is 21.5 Å². The van der Waals surface area contributed by atoms with Gasteiger partial charge in [0.2, 0.25) is 0 Å². The summed E-state index contributed by atoms with van der Waals surface area (Å²) < 4.78 is 5.32. The van der Waals surface area contributed by atoms with Gasteiger partial charge in [0.05, 0.1) is 11.3 Å². The second-order valence-electron chi connectivity index (χ2n) is 5.02. The zero-order valence-corrected chi connectivity index (χ0v) is 12.9. The average molecular weight is 330 g/mol. The third-order valence-electron chi connectivity index (χ3n) is 3.51. The van der Waals surface area contributed by atoms with Crippen LogP contribution in [0, 0.1) is 0 Å². The first-order valence-corrected chi connectivity index (χ1v) is 7.14. The number of carbonyl (C=O) groups is 2. The number of hydrogen-bond acceptors (Lipinski definition) is 3. The molecule has 0 spiro atoms. The van der Waals surface area contributed by atoms with Crippen molar-refractivity contribution in [3.63, 3.8) is 0 Å². The number of aromatic carboxylic acids is 1. The molecule has 6 heteroatoms. The van der Waals surface area contributed by atoms with Gasteiger partial charge in [0, 0.05) is 17.6 Å². The first-order chi connectivity index (χ1) is 11.0. The minimum atomic E-state index is -1.04. The standard InChI is InChI=1S/C17H12ClNO4/c1-19-14-7-4-11(16(20)21)9-13(14)15(23-17(19)22)8-10-2-5-12(18)6-3-10/h2-9H,1H3,(H,20,21)/b15-8-. The van der Waals surface area contributed by atoms with Crippen LogP contribution in [0.5, 0.6) is 0 Å². The number of cyclic esters (lactones) is 1. The lowest BCUT2D eigenvalue weighted by atomic mass is 10.0. The molecule has 0 unspecified atom stereocenters. The number of hydrogen-bond donors (Lipinski definition) is 1. The lowest BCUT2D eigenvalue weighted by Crippen LogP contribution is -2.31. The summed E-state index contributed by atoms with van der Waals surface area (Å²) >= 11 is 5.86. The van der Waals surface area contributed by atoms with Crippen LogP contribution in [0.15, 0.2) is 42.5 Å². The highest BCUT2D eigenvalue weighted by Gasteiger charge is 2.27. The number of carboxylic acids is 1. The predicted octanol–water partition coefficient (Wildman–Crippen LogP) is 4.12. The Bertz CT molecular complexity index is 827. The molecule has 2 aromatic rings. The van der Waals surface area contributed by atoms with Crippen LogP contribution in [-0.2, 0) is 4.74 Å². The molecule has 1 aliphatic rings. The third kappa shape index (κ3) is 2.91. The molecule has 1 heterocycles. The first kappa shape index (κ1) is 15.1. The first-order valence-electron chi connectivity index (χ1n) is 6.76. The molecule has 0 radical (unpaired) electrons. The molecule has 116 valence electrons. The van der Waals surface area contributed by atoms with Crippen LogP contribution >= 0.6 is 11.6 Å². The highest BCUT2D eigenvalue weighted by atomic mass is 35.5. The highest BCUT2D eigenvalue weighted by molar-refractivity contribution is 6.30. The van der Waals surface area contributed by atoms with Gasteiger partial charge in [-0.2, -0.15) is 0 Å². The maximum atomic E-state index is 12.0. The smallest absolute Gasteiger partial charge is 0.419 e. The number of rotatable bonds is 2. The summed E-state index contributed by atoms with van der Waals surface area (Å²) in [6.07, 6.45) is 1.15. The van der Waals surface area contributed by atoms with E-state index in [1.807, 2.05) is 0 Å². The molecule has 2 aromatic carbocycles. The Balaban J connectivity index is 2.13. The largest absolute Gasteiger partial charge is 0.478 e. The van der Waals surface area contributed by atoms with Crippen molar-refractivity contribution in [1.29, 1.82) is 0 Å². The lowest BCUT2D eigenvalue weighted by molar-refractivity contribution is 0.0697. The number of carbonyl (C=O) groups excluding carboxylic acids is 1. The second kappa shape index (κ2) is 5.78. The molecule has 0 aliphatic carbocycles. The highest BCUT2D eigenvalue weighted by Crippen LogP contribution is 2.35. The number of ether oxygens (including phenoxy) is 1. The van der Waals surface area contributed by atoms with E-state index in [9.17, 15) is 9.59 Å². The van der Waals surface area contributed by atoms with Crippen molar-refractivity contribution in [2.75, 3.05) is 11.9 Å². The summed E-state index contributed by atoms with van der Waals surface area (Å²) in [6, 6.07) is 11.5. The Morgan fingerprint density at radius 1 is 1.22 bits per heavy atom. The second-order valence-corrected chi connectivity index (χ2v) is 5.46. The summed E-state index contributed by atoms with van der Waals surface area (Å²) in [6.45, 7) is 0. The molecule has 0 aromatic heterocycles. The van der Waals surface area contributed by atoms with Crippen LogP contribution in [0.3, 0.4) is 0 Å². The Morgan fingerprint density at radius 3 is 2.57 bits per heavy atom. The van der Waals surface area contributed by atoms with E-state index in [1.165, 1.54) is 17.0 Å². The zero-order chi connectivity index (χ0) is 16.6. The Labute approximate surface area is 137 Å². The lowest BCUT2D eigenvalue weighted by Gasteiger charge is -2.27. The average Bonchev–Trinajstić information content (AvgIpc) is 2.54. The number of fused-ring (bicyclic) bond motifs is 1. The van der Waals surface area contributed by atoms with Crippen molar-refractivity contribution < 1.29 is 19.4 Å². The van der Waals surface area contributed by atoms with Crippen molar-refractivity contribution >= 4 is 41.2 Å². The van der Waals surface area contributed by atoms with Crippen LogP contribution < -0.4 is 4.90 Å². The molecule has 1 amide bonds. The summed E-state index contributed by atoms with van der Waals surface area (Å²) in [7, 11) is 1.57. The van der Waals surface area contributed by atoms with Crippen molar-refractivity contribution in [1.82, 2.24) is 0 Å². The monoisotopic (exact) mass is 329 g/mol. The molecule has 0 bridgehead atoms. The van der Waals surface area contributed by atoms with Crippen LogP contribution in [0.25, 0.3) is 11.8 Å². The van der Waals surface area contributed by atoms with E-state index in [4.69, 9.17) is 21.4 Å². The van der Waals surface area contributed by atoms with Gasteiger partial charge >= 0.3 is 12.1 Å². The molecule has 0 saturated carbocycles. The zero-order valence-electron chi connectivity index (χ0n) is 12.1. The van der Waals surface area contributed by atoms with Gasteiger partial charge in [-0.15, -0.1) is 0 Å². The maximum absolute atomic E-state index is 12.0. The van der Waals surface area contributed by atoms with Gasteiger partial charge in [-0.05, 0) is 42.0 Å². The topological polar surface area (TPSA) is 66.8 Å². The molecule has 23 heavy (non-hydrogen) atoms. The fourth-order valence-corrected chi connectivity index (χ4v) is 2.42. The van der Waals surface area contributed by atoms with Gasteiger partial charge in [-0.25, -0.2) is 9.59 Å². The molecular formula is C17H12ClNO4. The third-order valence-corrected chi connectivity index (χ3v) is 3.76. The van der Waals surface area contributed by atoms with E-state index >= 15 is 0 Å². The Morgan fingerprint density at radius 2 is 1.91 bits per heavy atom.